The van der Waals surface area contributed by atoms with Crippen molar-refractivity contribution in [1.82, 2.24) is 4.98 Å². The first-order valence-electron chi connectivity index (χ1n) is 7.38. The maximum absolute atomic E-state index is 12.5. The van der Waals surface area contributed by atoms with Crippen molar-refractivity contribution in [3.63, 3.8) is 0 Å². The summed E-state index contributed by atoms with van der Waals surface area (Å²) in [5, 5.41) is 18.8. The molecule has 3 aromatic rings. The van der Waals surface area contributed by atoms with E-state index in [4.69, 9.17) is 5.11 Å². The lowest BCUT2D eigenvalue weighted by molar-refractivity contribution is -0.135. The highest BCUT2D eigenvalue weighted by Crippen LogP contribution is 2.25. The van der Waals surface area contributed by atoms with Crippen LogP contribution in [0.1, 0.15) is 21.6 Å². The summed E-state index contributed by atoms with van der Waals surface area (Å²) in [6, 6.07) is 16.9. The van der Waals surface area contributed by atoms with Gasteiger partial charge in [0.05, 0.1) is 5.56 Å². The zero-order valence-electron chi connectivity index (χ0n) is 12.7. The van der Waals surface area contributed by atoms with Crippen molar-refractivity contribution in [3.05, 3.63) is 83.3 Å². The van der Waals surface area contributed by atoms with E-state index in [0.29, 0.717) is 23.1 Å². The Balaban J connectivity index is 2.10. The maximum Gasteiger partial charge on any atom is 0.371 e. The van der Waals surface area contributed by atoms with Gasteiger partial charge in [-0.2, -0.15) is 0 Å². The second-order valence-electron chi connectivity index (χ2n) is 5.39. The van der Waals surface area contributed by atoms with Gasteiger partial charge in [0.1, 0.15) is 0 Å². The Morgan fingerprint density at radius 1 is 0.958 bits per heavy atom. The molecular weight excluding hydrogens is 306 g/mol. The van der Waals surface area contributed by atoms with E-state index < -0.39 is 17.5 Å². The van der Waals surface area contributed by atoms with Crippen molar-refractivity contribution in [3.8, 4) is 0 Å². The normalized spacial score (nSPS) is 11.6. The van der Waals surface area contributed by atoms with Crippen molar-refractivity contribution < 1.29 is 19.8 Å². The fourth-order valence-electron chi connectivity index (χ4n) is 2.67. The zero-order chi connectivity index (χ0) is 17.1. The molecule has 1 aromatic heterocycles. The third-order valence-electron chi connectivity index (χ3n) is 3.74. The molecule has 1 heterocycles. The van der Waals surface area contributed by atoms with E-state index in [2.05, 4.69) is 4.98 Å². The largest absolute Gasteiger partial charge is 0.502 e. The van der Waals surface area contributed by atoms with E-state index in [-0.39, 0.29) is 0 Å². The van der Waals surface area contributed by atoms with Gasteiger partial charge in [-0.15, -0.1) is 0 Å². The third-order valence-corrected chi connectivity index (χ3v) is 3.74. The highest BCUT2D eigenvalue weighted by atomic mass is 16.4. The van der Waals surface area contributed by atoms with Gasteiger partial charge in [0.15, 0.2) is 5.78 Å². The van der Waals surface area contributed by atoms with E-state index in [9.17, 15) is 14.7 Å². The van der Waals surface area contributed by atoms with E-state index in [0.717, 1.165) is 17.2 Å². The number of aromatic nitrogens is 1. The van der Waals surface area contributed by atoms with Gasteiger partial charge in [-0.25, -0.2) is 4.79 Å². The summed E-state index contributed by atoms with van der Waals surface area (Å²) in [4.78, 5) is 26.5. The molecule has 0 spiro atoms. The van der Waals surface area contributed by atoms with Crippen LogP contribution in [0.5, 0.6) is 0 Å². The van der Waals surface area contributed by atoms with Crippen molar-refractivity contribution >= 4 is 22.7 Å². The van der Waals surface area contributed by atoms with E-state index in [1.54, 1.807) is 12.1 Å². The number of para-hydroxylation sites is 1. The molecule has 120 valence electrons. The van der Waals surface area contributed by atoms with Gasteiger partial charge in [0.2, 0.25) is 5.76 Å². The second kappa shape index (κ2) is 6.42. The summed E-state index contributed by atoms with van der Waals surface area (Å²) in [6.07, 6.45) is 1.24. The molecule has 0 saturated carbocycles. The molecule has 0 fully saturated rings. The Hall–Kier alpha value is -3.34. The number of aromatic amines is 1. The summed E-state index contributed by atoms with van der Waals surface area (Å²) in [6.45, 7) is 0. The van der Waals surface area contributed by atoms with Crippen LogP contribution in [-0.4, -0.2) is 26.9 Å². The molecule has 0 aliphatic carbocycles. The predicted octanol–water partition coefficient (Wildman–Crippen LogP) is 3.47. The minimum atomic E-state index is -1.53. The van der Waals surface area contributed by atoms with Crippen LogP contribution in [-0.2, 0) is 11.2 Å². The van der Waals surface area contributed by atoms with Gasteiger partial charge < -0.3 is 15.2 Å². The van der Waals surface area contributed by atoms with Crippen LogP contribution in [0, 0.1) is 0 Å². The molecule has 24 heavy (non-hydrogen) atoms. The Morgan fingerprint density at radius 3 is 2.33 bits per heavy atom. The van der Waals surface area contributed by atoms with Crippen LogP contribution in [0.25, 0.3) is 10.9 Å². The molecule has 2 aromatic carbocycles. The zero-order valence-corrected chi connectivity index (χ0v) is 12.7. The van der Waals surface area contributed by atoms with Crippen LogP contribution >= 0.6 is 0 Å². The first-order valence-corrected chi connectivity index (χ1v) is 7.38. The average molecular weight is 321 g/mol. The molecule has 5 heteroatoms. The van der Waals surface area contributed by atoms with Crippen LogP contribution in [0.3, 0.4) is 0 Å². The number of aliphatic hydroxyl groups excluding tert-OH is 1. The molecule has 5 nitrogen and oxygen atoms in total. The SMILES string of the molecule is O=C(O)C(O)=CC(=O)c1c(Cc2ccccc2)[nH]c2ccccc12. The molecule has 3 rings (SSSR count). The molecule has 0 amide bonds. The molecule has 3 N–H and O–H groups in total. The van der Waals surface area contributed by atoms with Gasteiger partial charge in [-0.3, -0.25) is 4.79 Å². The van der Waals surface area contributed by atoms with Gasteiger partial charge >= 0.3 is 5.97 Å². The monoisotopic (exact) mass is 321 g/mol. The number of fused-ring (bicyclic) bond motifs is 1. The number of rotatable bonds is 5. The van der Waals surface area contributed by atoms with Gasteiger partial charge in [-0.1, -0.05) is 48.5 Å². The number of hydrogen-bond donors (Lipinski definition) is 3. The topological polar surface area (TPSA) is 90.4 Å². The number of carbonyl (C=O) groups excluding carboxylic acids is 1. The minimum Gasteiger partial charge on any atom is -0.502 e. The minimum absolute atomic E-state index is 0.377. The van der Waals surface area contributed by atoms with E-state index in [1.165, 1.54) is 0 Å². The van der Waals surface area contributed by atoms with Crippen molar-refractivity contribution in [2.24, 2.45) is 0 Å². The lowest BCUT2D eigenvalue weighted by Gasteiger charge is -2.03. The van der Waals surface area contributed by atoms with Crippen LogP contribution < -0.4 is 0 Å². The van der Waals surface area contributed by atoms with Crippen LogP contribution in [0.2, 0.25) is 0 Å². The number of hydrogen-bond acceptors (Lipinski definition) is 3. The van der Waals surface area contributed by atoms with Gasteiger partial charge in [0.25, 0.3) is 0 Å². The molecular formula is C19H15NO4. The van der Waals surface area contributed by atoms with Crippen LogP contribution in [0.4, 0.5) is 0 Å². The Morgan fingerprint density at radius 2 is 1.62 bits per heavy atom. The molecule has 0 aliphatic heterocycles. The van der Waals surface area contributed by atoms with Crippen molar-refractivity contribution in [1.29, 1.82) is 0 Å². The Kier molecular flexibility index (Phi) is 4.16. The molecule has 0 atom stereocenters. The summed E-state index contributed by atoms with van der Waals surface area (Å²) >= 11 is 0. The fourth-order valence-corrected chi connectivity index (χ4v) is 2.67. The lowest BCUT2D eigenvalue weighted by atomic mass is 10.0. The first-order chi connectivity index (χ1) is 11.6. The standard InChI is InChI=1S/C19H15NO4/c21-16(11-17(22)19(23)24)18-13-8-4-5-9-14(13)20-15(18)10-12-6-2-1-3-7-12/h1-9,11,20,22H,10H2,(H,23,24). The van der Waals surface area contributed by atoms with Crippen molar-refractivity contribution in [2.75, 3.05) is 0 Å². The lowest BCUT2D eigenvalue weighted by Crippen LogP contribution is -2.06. The number of carboxylic acids is 1. The Labute approximate surface area is 137 Å². The number of carbonyl (C=O) groups is 2. The fraction of sp³-hybridized carbons (Fsp3) is 0.0526. The number of allylic oxidation sites excluding steroid dienone is 1. The molecule has 0 saturated heterocycles. The maximum atomic E-state index is 12.5. The molecule has 0 unspecified atom stereocenters. The number of aliphatic carboxylic acids is 1. The number of carboxylic acid groups (broad SMARTS) is 1. The van der Waals surface area contributed by atoms with Crippen LogP contribution in [0.15, 0.2) is 66.4 Å². The highest BCUT2D eigenvalue weighted by molar-refractivity contribution is 6.16. The molecule has 0 bridgehead atoms. The summed E-state index contributed by atoms with van der Waals surface area (Å²) in [7, 11) is 0. The number of H-pyrrole nitrogens is 1. The Bertz CT molecular complexity index is 938. The average Bonchev–Trinajstić information content (AvgIpc) is 2.93. The van der Waals surface area contributed by atoms with Gasteiger partial charge in [-0.05, 0) is 11.6 Å². The predicted molar refractivity (Wildman–Crippen MR) is 90.2 cm³/mol. The number of nitrogens with one attached hydrogen (secondary N) is 1. The van der Waals surface area contributed by atoms with Crippen molar-refractivity contribution in [2.45, 2.75) is 6.42 Å². The third kappa shape index (κ3) is 3.05. The number of ketones is 1. The van der Waals surface area contributed by atoms with Gasteiger partial charge in [0, 0.05) is 29.1 Å². The second-order valence-corrected chi connectivity index (χ2v) is 5.39. The smallest absolute Gasteiger partial charge is 0.371 e. The summed E-state index contributed by atoms with van der Waals surface area (Å²) in [5.74, 6) is -3.05. The molecule has 0 aliphatic rings. The molecule has 0 radical (unpaired) electrons. The highest BCUT2D eigenvalue weighted by Gasteiger charge is 2.19. The summed E-state index contributed by atoms with van der Waals surface area (Å²) in [5.41, 5.74) is 2.86. The van der Waals surface area contributed by atoms with E-state index in [1.807, 2.05) is 42.5 Å². The number of benzene rings is 2. The first kappa shape index (κ1) is 15.6. The summed E-state index contributed by atoms with van der Waals surface area (Å²) < 4.78 is 0. The van der Waals surface area contributed by atoms with E-state index >= 15 is 0 Å². The number of aliphatic hydroxyl groups is 1. The quantitative estimate of drug-likeness (QED) is 0.381.